The van der Waals surface area contributed by atoms with Gasteiger partial charge in [-0.05, 0) is 44.0 Å². The molecule has 1 aliphatic rings. The summed E-state index contributed by atoms with van der Waals surface area (Å²) in [5.41, 5.74) is 2.27. The van der Waals surface area contributed by atoms with E-state index in [9.17, 15) is 9.59 Å². The summed E-state index contributed by atoms with van der Waals surface area (Å²) in [5, 5.41) is 2.47. The third kappa shape index (κ3) is 5.13. The van der Waals surface area contributed by atoms with Gasteiger partial charge in [0.15, 0.2) is 0 Å². The smallest absolute Gasteiger partial charge is 0.406 e. The van der Waals surface area contributed by atoms with Crippen LogP contribution in [-0.4, -0.2) is 62.6 Å². The van der Waals surface area contributed by atoms with E-state index >= 15 is 0 Å². The molecule has 2 unspecified atom stereocenters. The van der Waals surface area contributed by atoms with Gasteiger partial charge in [-0.2, -0.15) is 0 Å². The van der Waals surface area contributed by atoms with Crippen molar-refractivity contribution in [2.24, 2.45) is 5.92 Å². The van der Waals surface area contributed by atoms with Crippen molar-refractivity contribution in [3.8, 4) is 0 Å². The Morgan fingerprint density at radius 2 is 1.59 bits per heavy atom. The molecular formula is C26H35N3O3. The highest BCUT2D eigenvalue weighted by molar-refractivity contribution is 5.80. The summed E-state index contributed by atoms with van der Waals surface area (Å²) in [6.07, 6.45) is 1.20. The lowest BCUT2D eigenvalue weighted by Gasteiger charge is -2.47. The van der Waals surface area contributed by atoms with Crippen LogP contribution in [0.2, 0.25) is 0 Å². The Morgan fingerprint density at radius 1 is 1.03 bits per heavy atom. The highest BCUT2D eigenvalue weighted by Crippen LogP contribution is 2.38. The zero-order chi connectivity index (χ0) is 23.1. The summed E-state index contributed by atoms with van der Waals surface area (Å²) in [7, 11) is 5.75. The number of nitrogens with one attached hydrogen (secondary N) is 1. The largest absolute Gasteiger partial charge is 0.449 e. The average Bonchev–Trinajstić information content (AvgIpc) is 2.84. The van der Waals surface area contributed by atoms with Crippen molar-refractivity contribution in [2.45, 2.75) is 31.2 Å². The number of amides is 2. The molecule has 0 saturated carbocycles. The van der Waals surface area contributed by atoms with E-state index in [1.807, 2.05) is 48.2 Å². The molecule has 2 atom stereocenters. The summed E-state index contributed by atoms with van der Waals surface area (Å²) in [5.74, 6) is -0.452. The minimum atomic E-state index is -0.516. The molecule has 1 heterocycles. The van der Waals surface area contributed by atoms with E-state index in [0.29, 0.717) is 13.1 Å². The number of benzene rings is 2. The molecule has 0 bridgehead atoms. The van der Waals surface area contributed by atoms with Crippen molar-refractivity contribution in [3.63, 3.8) is 0 Å². The molecule has 32 heavy (non-hydrogen) atoms. The molecule has 6 nitrogen and oxygen atoms in total. The lowest BCUT2D eigenvalue weighted by Crippen LogP contribution is -2.53. The number of carbonyl (C=O) groups is 2. The second kappa shape index (κ2) is 10.6. The number of piperidine rings is 1. The molecule has 0 radical (unpaired) electrons. The van der Waals surface area contributed by atoms with Gasteiger partial charge in [0, 0.05) is 25.7 Å². The third-order valence-electron chi connectivity index (χ3n) is 6.91. The Morgan fingerprint density at radius 3 is 2.12 bits per heavy atom. The Bertz CT molecular complexity index is 878. The van der Waals surface area contributed by atoms with Gasteiger partial charge in [-0.1, -0.05) is 67.6 Å². The van der Waals surface area contributed by atoms with E-state index in [2.05, 4.69) is 48.6 Å². The van der Waals surface area contributed by atoms with Crippen molar-refractivity contribution in [1.82, 2.24) is 15.1 Å². The van der Waals surface area contributed by atoms with Gasteiger partial charge in [-0.25, -0.2) is 4.79 Å². The summed E-state index contributed by atoms with van der Waals surface area (Å²) in [6, 6.07) is 20.5. The highest BCUT2D eigenvalue weighted by Gasteiger charge is 2.41. The van der Waals surface area contributed by atoms with Crippen molar-refractivity contribution in [1.29, 1.82) is 0 Å². The van der Waals surface area contributed by atoms with Crippen LogP contribution in [0, 0.1) is 5.92 Å². The lowest BCUT2D eigenvalue weighted by atomic mass is 9.79. The summed E-state index contributed by atoms with van der Waals surface area (Å²) in [4.78, 5) is 29.6. The van der Waals surface area contributed by atoms with E-state index in [0.717, 1.165) is 18.4 Å². The Balaban J connectivity index is 1.77. The van der Waals surface area contributed by atoms with Crippen LogP contribution < -0.4 is 5.32 Å². The molecule has 1 saturated heterocycles. The van der Waals surface area contributed by atoms with Gasteiger partial charge < -0.3 is 15.0 Å². The zero-order valence-electron chi connectivity index (χ0n) is 19.6. The maximum absolute atomic E-state index is 13.6. The predicted octanol–water partition coefficient (Wildman–Crippen LogP) is 3.84. The van der Waals surface area contributed by atoms with Crippen molar-refractivity contribution in [2.75, 3.05) is 40.8 Å². The van der Waals surface area contributed by atoms with Crippen molar-refractivity contribution >= 4 is 12.0 Å². The zero-order valence-corrected chi connectivity index (χ0v) is 19.6. The molecule has 0 spiro atoms. The first-order valence-corrected chi connectivity index (χ1v) is 11.3. The Hall–Kier alpha value is -2.86. The van der Waals surface area contributed by atoms with Gasteiger partial charge in [0.05, 0.1) is 5.92 Å². The Labute approximate surface area is 191 Å². The van der Waals surface area contributed by atoms with Gasteiger partial charge in [-0.3, -0.25) is 9.69 Å². The fourth-order valence-corrected chi connectivity index (χ4v) is 4.73. The Kier molecular flexibility index (Phi) is 7.91. The van der Waals surface area contributed by atoms with E-state index < -0.39 is 12.0 Å². The van der Waals surface area contributed by atoms with Crippen LogP contribution >= 0.6 is 0 Å². The number of rotatable bonds is 7. The average molecular weight is 438 g/mol. The third-order valence-corrected chi connectivity index (χ3v) is 6.91. The molecular weight excluding hydrogens is 402 g/mol. The van der Waals surface area contributed by atoms with E-state index in [4.69, 9.17) is 4.74 Å². The van der Waals surface area contributed by atoms with Crippen molar-refractivity contribution < 1.29 is 14.3 Å². The van der Waals surface area contributed by atoms with Crippen molar-refractivity contribution in [3.05, 3.63) is 71.8 Å². The summed E-state index contributed by atoms with van der Waals surface area (Å²) < 4.78 is 5.35. The van der Waals surface area contributed by atoms with Crippen LogP contribution in [0.4, 0.5) is 4.79 Å². The number of carbonyl (C=O) groups excluding carboxylic acids is 2. The molecule has 2 amide bonds. The molecule has 6 heteroatoms. The topological polar surface area (TPSA) is 61.9 Å². The van der Waals surface area contributed by atoms with Gasteiger partial charge in [-0.15, -0.1) is 0 Å². The number of likely N-dealkylation sites (tertiary alicyclic amines) is 1. The minimum absolute atomic E-state index is 0.0469. The number of hydrogen-bond donors (Lipinski definition) is 1. The molecule has 1 N–H and O–H groups in total. The van der Waals surface area contributed by atoms with Crippen LogP contribution in [0.15, 0.2) is 60.7 Å². The van der Waals surface area contributed by atoms with Crippen LogP contribution in [0.25, 0.3) is 0 Å². The second-order valence-electron chi connectivity index (χ2n) is 8.77. The quantitative estimate of drug-likeness (QED) is 0.715. The van der Waals surface area contributed by atoms with Crippen LogP contribution in [-0.2, 0) is 15.1 Å². The van der Waals surface area contributed by atoms with Gasteiger partial charge in [0.1, 0.15) is 6.61 Å². The number of nitrogens with zero attached hydrogens (tertiary/aromatic N) is 2. The normalized spacial score (nSPS) is 17.5. The molecule has 172 valence electrons. The molecule has 0 aromatic heterocycles. The lowest BCUT2D eigenvalue weighted by molar-refractivity contribution is -0.140. The van der Waals surface area contributed by atoms with E-state index in [1.165, 1.54) is 12.6 Å². The SMILES string of the molecule is CNC(=O)OCC(C(=O)N1CCC(c2ccccc2)(N(C)C)CC1)C(C)c1ccccc1. The fourth-order valence-electron chi connectivity index (χ4n) is 4.73. The summed E-state index contributed by atoms with van der Waals surface area (Å²) in [6.45, 7) is 3.43. The maximum Gasteiger partial charge on any atom is 0.406 e. The van der Waals surface area contributed by atoms with Crippen LogP contribution in [0.5, 0.6) is 0 Å². The molecule has 0 aliphatic carbocycles. The number of ether oxygens (including phenoxy) is 1. The fraction of sp³-hybridized carbons (Fsp3) is 0.462. The van der Waals surface area contributed by atoms with Gasteiger partial charge >= 0.3 is 6.09 Å². The molecule has 2 aromatic rings. The van der Waals surface area contributed by atoms with E-state index in [-0.39, 0.29) is 24.0 Å². The van der Waals surface area contributed by atoms with E-state index in [1.54, 1.807) is 0 Å². The first-order valence-electron chi connectivity index (χ1n) is 11.3. The molecule has 1 fully saturated rings. The second-order valence-corrected chi connectivity index (χ2v) is 8.77. The first kappa shape index (κ1) is 23.8. The molecule has 1 aliphatic heterocycles. The van der Waals surface area contributed by atoms with Crippen LogP contribution in [0.1, 0.15) is 36.8 Å². The highest BCUT2D eigenvalue weighted by atomic mass is 16.5. The summed E-state index contributed by atoms with van der Waals surface area (Å²) >= 11 is 0. The van der Waals surface area contributed by atoms with Crippen LogP contribution in [0.3, 0.4) is 0 Å². The number of hydrogen-bond acceptors (Lipinski definition) is 4. The van der Waals surface area contributed by atoms with Gasteiger partial charge in [0.25, 0.3) is 0 Å². The predicted molar refractivity (Wildman–Crippen MR) is 126 cm³/mol. The monoisotopic (exact) mass is 437 g/mol. The molecule has 2 aromatic carbocycles. The molecule has 3 rings (SSSR count). The maximum atomic E-state index is 13.6. The number of alkyl carbamates (subject to hydrolysis) is 1. The minimum Gasteiger partial charge on any atom is -0.449 e. The standard InChI is InChI=1S/C26H35N3O3/c1-20(21-11-7-5-8-12-21)23(19-32-25(31)27-2)24(30)29-17-15-26(16-18-29,28(3)4)22-13-9-6-10-14-22/h5-14,20,23H,15-19H2,1-4H3,(H,27,31). The first-order chi connectivity index (χ1) is 15.4. The van der Waals surface area contributed by atoms with Gasteiger partial charge in [0.2, 0.25) is 5.91 Å².